The summed E-state index contributed by atoms with van der Waals surface area (Å²) in [5.74, 6) is 0.594. The van der Waals surface area contributed by atoms with E-state index in [4.69, 9.17) is 0 Å². The first-order valence-corrected chi connectivity index (χ1v) is 7.16. The third kappa shape index (κ3) is 4.28. The number of nitrogens with zero attached hydrogens (tertiary/aromatic N) is 2. The zero-order valence-electron chi connectivity index (χ0n) is 12.6. The van der Waals surface area contributed by atoms with Crippen LogP contribution in [0, 0.1) is 0 Å². The molecule has 0 atom stereocenters. The van der Waals surface area contributed by atoms with Gasteiger partial charge in [0.05, 0.1) is 5.69 Å². The van der Waals surface area contributed by atoms with Crippen LogP contribution in [0.3, 0.4) is 0 Å². The van der Waals surface area contributed by atoms with Crippen molar-refractivity contribution in [3.05, 3.63) is 72.3 Å². The smallest absolute Gasteiger partial charge is 0.227 e. The van der Waals surface area contributed by atoms with Crippen LogP contribution >= 0.6 is 0 Å². The van der Waals surface area contributed by atoms with E-state index in [1.54, 1.807) is 12.3 Å². The number of aromatic nitrogens is 2. The van der Waals surface area contributed by atoms with Gasteiger partial charge in [0.15, 0.2) is 0 Å². The summed E-state index contributed by atoms with van der Waals surface area (Å²) < 4.78 is 0. The summed E-state index contributed by atoms with van der Waals surface area (Å²) in [6, 6.07) is 1.94. The predicted molar refractivity (Wildman–Crippen MR) is 89.7 cm³/mol. The molecule has 0 aromatic carbocycles. The fourth-order valence-corrected chi connectivity index (χ4v) is 2.18. The molecule has 1 heterocycles. The van der Waals surface area contributed by atoms with Crippen LogP contribution in [-0.2, 0) is 0 Å². The van der Waals surface area contributed by atoms with E-state index in [9.17, 15) is 0 Å². The molecule has 3 nitrogen and oxygen atoms in total. The molecule has 0 aliphatic heterocycles. The Labute approximate surface area is 126 Å². The summed E-state index contributed by atoms with van der Waals surface area (Å²) in [5.41, 5.74) is 4.42. The molecule has 0 fully saturated rings. The molecular formula is C18H21N3. The topological polar surface area (TPSA) is 37.8 Å². The fourth-order valence-electron chi connectivity index (χ4n) is 2.18. The number of nitrogens with one attached hydrogen (secondary N) is 1. The molecule has 0 spiro atoms. The van der Waals surface area contributed by atoms with Gasteiger partial charge in [0.1, 0.15) is 0 Å². The zero-order chi connectivity index (χ0) is 15.1. The molecule has 0 saturated carbocycles. The maximum atomic E-state index is 4.59. The van der Waals surface area contributed by atoms with Crippen molar-refractivity contribution >= 4 is 11.5 Å². The Morgan fingerprint density at radius 3 is 3.00 bits per heavy atom. The van der Waals surface area contributed by atoms with Crippen LogP contribution in [0.4, 0.5) is 5.95 Å². The number of anilines is 1. The standard InChI is InChI=1S/C18H21N3/c1-4-7-16(8-5-2)20-18-19-12-11-17(21-18)15-10-6-9-14(3)13-15/h4-5,7-8,10-13H,1,6,9H2,2-3H3,(H,19,20,21)/b8-5-,16-7+. The van der Waals surface area contributed by atoms with E-state index < -0.39 is 0 Å². The summed E-state index contributed by atoms with van der Waals surface area (Å²) in [6.45, 7) is 7.84. The molecule has 0 amide bonds. The maximum absolute atomic E-state index is 4.59. The SMILES string of the molecule is C=C/C=C(\C=C/C)Nc1nccc(C2=CCCC(C)=C2)n1. The lowest BCUT2D eigenvalue weighted by Crippen LogP contribution is -2.03. The Bertz CT molecular complexity index is 634. The van der Waals surface area contributed by atoms with E-state index in [2.05, 4.69) is 40.9 Å². The van der Waals surface area contributed by atoms with Crippen LogP contribution in [-0.4, -0.2) is 9.97 Å². The van der Waals surface area contributed by atoms with E-state index >= 15 is 0 Å². The molecule has 1 aliphatic carbocycles. The lowest BCUT2D eigenvalue weighted by molar-refractivity contribution is 0.962. The molecule has 0 saturated heterocycles. The van der Waals surface area contributed by atoms with Crippen LogP contribution in [0.15, 0.2) is 66.6 Å². The minimum absolute atomic E-state index is 0.594. The molecule has 0 radical (unpaired) electrons. The highest BCUT2D eigenvalue weighted by Crippen LogP contribution is 2.24. The van der Waals surface area contributed by atoms with Gasteiger partial charge in [0.2, 0.25) is 5.95 Å². The van der Waals surface area contributed by atoms with Crippen molar-refractivity contribution in [3.63, 3.8) is 0 Å². The minimum Gasteiger partial charge on any atom is -0.324 e. The molecule has 1 aromatic heterocycles. The predicted octanol–water partition coefficient (Wildman–Crippen LogP) is 4.66. The van der Waals surface area contributed by atoms with Crippen LogP contribution in [0.5, 0.6) is 0 Å². The van der Waals surface area contributed by atoms with Crippen molar-refractivity contribution in [2.45, 2.75) is 26.7 Å². The largest absolute Gasteiger partial charge is 0.324 e. The number of hydrogen-bond acceptors (Lipinski definition) is 3. The third-order valence-corrected chi connectivity index (χ3v) is 3.16. The molecule has 0 unspecified atom stereocenters. The first kappa shape index (κ1) is 15.0. The third-order valence-electron chi connectivity index (χ3n) is 3.16. The normalized spacial score (nSPS) is 15.6. The van der Waals surface area contributed by atoms with Crippen LogP contribution in [0.25, 0.3) is 5.57 Å². The number of hydrogen-bond donors (Lipinski definition) is 1. The summed E-state index contributed by atoms with van der Waals surface area (Å²) in [6.07, 6.45) is 16.0. The molecule has 3 heteroatoms. The van der Waals surface area contributed by atoms with Crippen molar-refractivity contribution in [2.75, 3.05) is 5.32 Å². The fraction of sp³-hybridized carbons (Fsp3) is 0.222. The van der Waals surface area contributed by atoms with E-state index in [1.165, 1.54) is 11.1 Å². The Hall–Kier alpha value is -2.42. The van der Waals surface area contributed by atoms with Gasteiger partial charge in [-0.15, -0.1) is 0 Å². The Kier molecular flexibility index (Phi) is 5.27. The van der Waals surface area contributed by atoms with Gasteiger partial charge in [0.25, 0.3) is 0 Å². The second-order valence-corrected chi connectivity index (χ2v) is 4.94. The Balaban J connectivity index is 2.24. The lowest BCUT2D eigenvalue weighted by Gasteiger charge is -2.11. The Morgan fingerprint density at radius 1 is 1.43 bits per heavy atom. The molecular weight excluding hydrogens is 258 g/mol. The quantitative estimate of drug-likeness (QED) is 0.797. The van der Waals surface area contributed by atoms with Crippen molar-refractivity contribution in [1.29, 1.82) is 0 Å². The number of rotatable bonds is 5. The van der Waals surface area contributed by atoms with Crippen molar-refractivity contribution in [3.8, 4) is 0 Å². The van der Waals surface area contributed by atoms with Gasteiger partial charge in [-0.1, -0.05) is 36.5 Å². The van der Waals surface area contributed by atoms with Crippen LogP contribution < -0.4 is 5.32 Å². The van der Waals surface area contributed by atoms with Gasteiger partial charge in [-0.2, -0.15) is 0 Å². The first-order chi connectivity index (χ1) is 10.2. The summed E-state index contributed by atoms with van der Waals surface area (Å²) in [7, 11) is 0. The van der Waals surface area contributed by atoms with Crippen molar-refractivity contribution in [2.24, 2.45) is 0 Å². The van der Waals surface area contributed by atoms with Gasteiger partial charge >= 0.3 is 0 Å². The molecule has 0 bridgehead atoms. The van der Waals surface area contributed by atoms with Crippen molar-refractivity contribution in [1.82, 2.24) is 9.97 Å². The average Bonchev–Trinajstić information content (AvgIpc) is 2.48. The van der Waals surface area contributed by atoms with Crippen LogP contribution in [0.2, 0.25) is 0 Å². The second-order valence-electron chi connectivity index (χ2n) is 4.94. The molecule has 2 rings (SSSR count). The molecule has 21 heavy (non-hydrogen) atoms. The molecule has 1 aromatic rings. The number of allylic oxidation sites excluding steroid dienone is 8. The average molecular weight is 279 g/mol. The van der Waals surface area contributed by atoms with E-state index in [0.717, 1.165) is 24.2 Å². The highest BCUT2D eigenvalue weighted by Gasteiger charge is 2.07. The van der Waals surface area contributed by atoms with Gasteiger partial charge in [0, 0.05) is 11.9 Å². The monoisotopic (exact) mass is 279 g/mol. The highest BCUT2D eigenvalue weighted by molar-refractivity contribution is 5.73. The zero-order valence-corrected chi connectivity index (χ0v) is 12.6. The van der Waals surface area contributed by atoms with Gasteiger partial charge in [-0.25, -0.2) is 9.97 Å². The van der Waals surface area contributed by atoms with E-state index in [0.29, 0.717) is 5.95 Å². The molecule has 1 N–H and O–H groups in total. The van der Waals surface area contributed by atoms with Crippen molar-refractivity contribution < 1.29 is 0 Å². The lowest BCUT2D eigenvalue weighted by atomic mass is 9.99. The summed E-state index contributed by atoms with van der Waals surface area (Å²) in [4.78, 5) is 8.87. The highest BCUT2D eigenvalue weighted by atomic mass is 15.1. The Morgan fingerprint density at radius 2 is 2.29 bits per heavy atom. The summed E-state index contributed by atoms with van der Waals surface area (Å²) >= 11 is 0. The summed E-state index contributed by atoms with van der Waals surface area (Å²) in [5, 5.41) is 3.20. The van der Waals surface area contributed by atoms with E-state index in [1.807, 2.05) is 31.2 Å². The minimum atomic E-state index is 0.594. The van der Waals surface area contributed by atoms with Gasteiger partial charge < -0.3 is 5.32 Å². The first-order valence-electron chi connectivity index (χ1n) is 7.16. The van der Waals surface area contributed by atoms with Gasteiger partial charge in [-0.3, -0.25) is 0 Å². The maximum Gasteiger partial charge on any atom is 0.227 e. The molecule has 108 valence electrons. The molecule has 1 aliphatic rings. The van der Waals surface area contributed by atoms with Crippen LogP contribution in [0.1, 0.15) is 32.4 Å². The second kappa shape index (κ2) is 7.39. The van der Waals surface area contributed by atoms with E-state index in [-0.39, 0.29) is 0 Å². The van der Waals surface area contributed by atoms with Gasteiger partial charge in [-0.05, 0) is 50.5 Å².